The Hall–Kier alpha value is -1.64. The molecule has 2 saturated carbocycles. The van der Waals surface area contributed by atoms with E-state index in [1.54, 1.807) is 0 Å². The molecule has 6 N–H and O–H groups in total. The summed E-state index contributed by atoms with van der Waals surface area (Å²) >= 11 is 0. The van der Waals surface area contributed by atoms with Crippen molar-refractivity contribution in [2.24, 2.45) is 11.8 Å². The zero-order valence-electron chi connectivity index (χ0n) is 21.3. The zero-order valence-corrected chi connectivity index (χ0v) is 21.3. The van der Waals surface area contributed by atoms with E-state index in [1.807, 2.05) is 6.07 Å². The smallest absolute Gasteiger partial charge is 0.226 e. The van der Waals surface area contributed by atoms with Crippen LogP contribution in [0.3, 0.4) is 0 Å². The molecule has 0 unspecified atom stereocenters. The lowest BCUT2D eigenvalue weighted by Crippen LogP contribution is -2.49. The molecule has 4 rings (SSSR count). The van der Waals surface area contributed by atoms with E-state index >= 15 is 0 Å². The van der Waals surface area contributed by atoms with Gasteiger partial charge in [-0.05, 0) is 83.3 Å². The van der Waals surface area contributed by atoms with E-state index in [1.165, 1.54) is 70.8 Å². The van der Waals surface area contributed by atoms with Crippen LogP contribution in [0.25, 0.3) is 0 Å². The number of rotatable bonds is 11. The van der Waals surface area contributed by atoms with Gasteiger partial charge in [-0.1, -0.05) is 19.3 Å². The molecule has 0 amide bonds. The number of nitrogens with zero attached hydrogens (tertiary/aromatic N) is 3. The maximum Gasteiger partial charge on any atom is 0.226 e. The number of piperazine rings is 1. The Labute approximate surface area is 206 Å². The number of hydrogen-bond donors (Lipinski definition) is 5. The van der Waals surface area contributed by atoms with E-state index in [2.05, 4.69) is 38.1 Å². The Morgan fingerprint density at radius 1 is 1.00 bits per heavy atom. The van der Waals surface area contributed by atoms with Gasteiger partial charge in [-0.3, -0.25) is 0 Å². The van der Waals surface area contributed by atoms with E-state index in [-0.39, 0.29) is 0 Å². The molecule has 3 fully saturated rings. The van der Waals surface area contributed by atoms with E-state index in [0.717, 1.165) is 57.0 Å². The lowest BCUT2D eigenvalue weighted by molar-refractivity contribution is 0.275. The van der Waals surface area contributed by atoms with Crippen LogP contribution in [0.5, 0.6) is 0 Å². The molecule has 0 radical (unpaired) electrons. The predicted octanol–water partition coefficient (Wildman–Crippen LogP) is 2.98. The Kier molecular flexibility index (Phi) is 10.1. The number of anilines is 3. The fourth-order valence-corrected chi connectivity index (χ4v) is 5.84. The fourth-order valence-electron chi connectivity index (χ4n) is 5.84. The van der Waals surface area contributed by atoms with E-state index in [0.29, 0.717) is 23.7 Å². The first-order valence-corrected chi connectivity index (χ1v) is 14.0. The number of nitrogens with one attached hydrogen (secondary N) is 4. The van der Waals surface area contributed by atoms with E-state index in [9.17, 15) is 0 Å². The van der Waals surface area contributed by atoms with Gasteiger partial charge in [0.1, 0.15) is 11.6 Å². The lowest BCUT2D eigenvalue weighted by Gasteiger charge is -2.33. The van der Waals surface area contributed by atoms with Crippen LogP contribution in [0.1, 0.15) is 71.1 Å². The van der Waals surface area contributed by atoms with Gasteiger partial charge in [-0.2, -0.15) is 9.97 Å². The molecule has 2 heterocycles. The van der Waals surface area contributed by atoms with E-state index < -0.39 is 0 Å². The van der Waals surface area contributed by atoms with Crippen LogP contribution in [-0.4, -0.2) is 67.9 Å². The maximum absolute atomic E-state index is 6.10. The highest BCUT2D eigenvalue weighted by atomic mass is 15.3. The van der Waals surface area contributed by atoms with Crippen molar-refractivity contribution in [1.82, 2.24) is 25.9 Å². The Morgan fingerprint density at radius 3 is 2.53 bits per heavy atom. The molecule has 1 saturated heterocycles. The highest BCUT2D eigenvalue weighted by Gasteiger charge is 2.22. The van der Waals surface area contributed by atoms with Crippen molar-refractivity contribution < 1.29 is 0 Å². The first-order chi connectivity index (χ1) is 16.7. The second-order valence-corrected chi connectivity index (χ2v) is 10.9. The molecule has 1 aliphatic heterocycles. The third kappa shape index (κ3) is 8.24. The van der Waals surface area contributed by atoms with Gasteiger partial charge in [0.2, 0.25) is 5.95 Å². The highest BCUT2D eigenvalue weighted by molar-refractivity contribution is 5.52. The molecule has 3 aliphatic rings. The number of nitrogen functional groups attached to an aromatic ring is 1. The molecule has 0 aromatic carbocycles. The number of nitrogens with two attached hydrogens (primary N) is 1. The van der Waals surface area contributed by atoms with Crippen molar-refractivity contribution in [2.75, 3.05) is 61.8 Å². The summed E-state index contributed by atoms with van der Waals surface area (Å²) in [6, 6.07) is 3.14. The van der Waals surface area contributed by atoms with Gasteiger partial charge >= 0.3 is 0 Å². The first kappa shape index (κ1) is 25.5. The molecule has 0 spiro atoms. The first-order valence-electron chi connectivity index (χ1n) is 14.0. The van der Waals surface area contributed by atoms with Gasteiger partial charge in [0, 0.05) is 44.3 Å². The molecule has 2 aliphatic carbocycles. The average Bonchev–Trinajstić information content (AvgIpc) is 2.86. The highest BCUT2D eigenvalue weighted by Crippen LogP contribution is 2.29. The van der Waals surface area contributed by atoms with Crippen molar-refractivity contribution in [3.8, 4) is 0 Å². The van der Waals surface area contributed by atoms with Gasteiger partial charge < -0.3 is 31.9 Å². The molecule has 192 valence electrons. The molecule has 34 heavy (non-hydrogen) atoms. The molecular formula is C26H48N8. The minimum absolute atomic E-state index is 0.462. The van der Waals surface area contributed by atoms with Crippen LogP contribution in [0.4, 0.5) is 17.6 Å². The quantitative estimate of drug-likeness (QED) is 0.313. The Balaban J connectivity index is 1.09. The fraction of sp³-hybridized carbons (Fsp3) is 0.846. The largest absolute Gasteiger partial charge is 0.383 e. The SMILES string of the molecule is C[C@H]1CN(c2cc(N)nc(NCC3CCC(CNCCCNC4CCCCC4)CC3)n2)CCN1. The second-order valence-electron chi connectivity index (χ2n) is 10.9. The Morgan fingerprint density at radius 2 is 1.76 bits per heavy atom. The van der Waals surface area contributed by atoms with Crippen LogP contribution in [0.15, 0.2) is 6.07 Å². The van der Waals surface area contributed by atoms with Crippen LogP contribution in [0.2, 0.25) is 0 Å². The van der Waals surface area contributed by atoms with Crippen molar-refractivity contribution in [1.29, 1.82) is 0 Å². The van der Waals surface area contributed by atoms with Crippen LogP contribution >= 0.6 is 0 Å². The molecule has 1 aromatic heterocycles. The molecule has 1 aromatic rings. The Bertz CT molecular complexity index is 715. The zero-order chi connectivity index (χ0) is 23.6. The van der Waals surface area contributed by atoms with Gasteiger partial charge in [-0.25, -0.2) is 0 Å². The van der Waals surface area contributed by atoms with Gasteiger partial charge in [-0.15, -0.1) is 0 Å². The van der Waals surface area contributed by atoms with Crippen LogP contribution in [0, 0.1) is 11.8 Å². The van der Waals surface area contributed by atoms with Gasteiger partial charge in [0.05, 0.1) is 0 Å². The van der Waals surface area contributed by atoms with Crippen molar-refractivity contribution in [3.05, 3.63) is 6.07 Å². The minimum Gasteiger partial charge on any atom is -0.383 e. The van der Waals surface area contributed by atoms with Crippen LogP contribution in [-0.2, 0) is 0 Å². The monoisotopic (exact) mass is 472 g/mol. The van der Waals surface area contributed by atoms with Crippen molar-refractivity contribution >= 4 is 17.6 Å². The molecule has 8 nitrogen and oxygen atoms in total. The maximum atomic E-state index is 6.10. The minimum atomic E-state index is 0.462. The molecule has 1 atom stereocenters. The number of aromatic nitrogens is 2. The summed E-state index contributed by atoms with van der Waals surface area (Å²) in [6.45, 7) is 9.50. The van der Waals surface area contributed by atoms with E-state index in [4.69, 9.17) is 10.7 Å². The number of hydrogen-bond acceptors (Lipinski definition) is 8. The summed E-state index contributed by atoms with van der Waals surface area (Å²) in [6.07, 6.45) is 13.5. The second kappa shape index (κ2) is 13.4. The topological polar surface area (TPSA) is 103 Å². The van der Waals surface area contributed by atoms with Crippen molar-refractivity contribution in [3.63, 3.8) is 0 Å². The van der Waals surface area contributed by atoms with Gasteiger partial charge in [0.25, 0.3) is 0 Å². The molecular weight excluding hydrogens is 424 g/mol. The molecule has 8 heteroatoms. The summed E-state index contributed by atoms with van der Waals surface area (Å²) in [5.41, 5.74) is 6.10. The summed E-state index contributed by atoms with van der Waals surface area (Å²) in [5, 5.41) is 14.4. The predicted molar refractivity (Wildman–Crippen MR) is 142 cm³/mol. The third-order valence-corrected chi connectivity index (χ3v) is 7.94. The molecule has 0 bridgehead atoms. The summed E-state index contributed by atoms with van der Waals surface area (Å²) in [5.74, 6) is 3.68. The third-order valence-electron chi connectivity index (χ3n) is 7.94. The lowest BCUT2D eigenvalue weighted by atomic mass is 9.82. The summed E-state index contributed by atoms with van der Waals surface area (Å²) in [7, 11) is 0. The van der Waals surface area contributed by atoms with Crippen molar-refractivity contribution in [2.45, 2.75) is 83.2 Å². The van der Waals surface area contributed by atoms with Crippen LogP contribution < -0.4 is 31.9 Å². The summed E-state index contributed by atoms with van der Waals surface area (Å²) < 4.78 is 0. The normalized spacial score (nSPS) is 26.5. The average molecular weight is 473 g/mol. The van der Waals surface area contributed by atoms with Gasteiger partial charge in [0.15, 0.2) is 0 Å². The summed E-state index contributed by atoms with van der Waals surface area (Å²) in [4.78, 5) is 11.5. The standard InChI is InChI=1S/C26H48N8/c1-20-19-34(15-14-29-20)25-16-24(27)32-26(33-25)31-18-22-10-8-21(9-11-22)17-28-12-5-13-30-23-6-3-2-4-7-23/h16,20-23,28-30H,2-15,17-19H2,1H3,(H3,27,31,32,33)/t20-,21?,22?/m0/s1.